The first-order chi connectivity index (χ1) is 11.7. The summed E-state index contributed by atoms with van der Waals surface area (Å²) in [5.41, 5.74) is 1.16. The van der Waals surface area contributed by atoms with Crippen LogP contribution >= 0.6 is 0 Å². The summed E-state index contributed by atoms with van der Waals surface area (Å²) in [6, 6.07) is 8.80. The fourth-order valence-electron chi connectivity index (χ4n) is 2.22. The topological polar surface area (TPSA) is 45.2 Å². The van der Waals surface area contributed by atoms with Crippen molar-refractivity contribution in [1.29, 1.82) is 0 Å². The number of anilines is 1. The Kier molecular flexibility index (Phi) is 5.95. The molecule has 0 unspecified atom stereocenters. The Morgan fingerprint density at radius 3 is 2.64 bits per heavy atom. The molecule has 0 spiro atoms. The van der Waals surface area contributed by atoms with Gasteiger partial charge in [0.2, 0.25) is 5.91 Å². The van der Waals surface area contributed by atoms with Crippen LogP contribution in [0.3, 0.4) is 0 Å². The van der Waals surface area contributed by atoms with Crippen molar-refractivity contribution in [3.05, 3.63) is 59.5 Å². The number of amides is 1. The fraction of sp³-hybridized carbons (Fsp3) is 0.294. The minimum Gasteiger partial charge on any atom is -0.352 e. The van der Waals surface area contributed by atoms with Gasteiger partial charge in [-0.05, 0) is 35.4 Å². The van der Waals surface area contributed by atoms with Gasteiger partial charge in [-0.1, -0.05) is 12.1 Å². The Bertz CT molecular complexity index is 734. The fourth-order valence-corrected chi connectivity index (χ4v) is 2.22. The standard InChI is InChI=1S/C17H17F4N3O/c1-24(11-17(19,20)21)15-8-13(5-6-22-15)10-23-16(25)9-12-3-2-4-14(18)7-12/h2-8H,9-11H2,1H3,(H,23,25). The predicted molar refractivity (Wildman–Crippen MR) is 85.5 cm³/mol. The van der Waals surface area contributed by atoms with E-state index in [0.717, 1.165) is 4.90 Å². The summed E-state index contributed by atoms with van der Waals surface area (Å²) in [4.78, 5) is 16.8. The molecule has 4 nitrogen and oxygen atoms in total. The van der Waals surface area contributed by atoms with E-state index >= 15 is 0 Å². The van der Waals surface area contributed by atoms with Crippen LogP contribution in [0.15, 0.2) is 42.6 Å². The molecule has 134 valence electrons. The van der Waals surface area contributed by atoms with E-state index in [1.807, 2.05) is 0 Å². The van der Waals surface area contributed by atoms with Gasteiger partial charge >= 0.3 is 6.18 Å². The maximum atomic E-state index is 13.1. The third-order valence-corrected chi connectivity index (χ3v) is 3.36. The molecule has 0 aliphatic carbocycles. The molecule has 0 radical (unpaired) electrons. The second-order valence-electron chi connectivity index (χ2n) is 5.58. The number of hydrogen-bond acceptors (Lipinski definition) is 3. The maximum absolute atomic E-state index is 13.1. The number of benzene rings is 1. The third kappa shape index (κ3) is 6.40. The van der Waals surface area contributed by atoms with E-state index < -0.39 is 18.5 Å². The number of carbonyl (C=O) groups is 1. The second-order valence-corrected chi connectivity index (χ2v) is 5.58. The van der Waals surface area contributed by atoms with Gasteiger partial charge in [0.25, 0.3) is 0 Å². The molecule has 0 bridgehead atoms. The molecule has 0 aliphatic heterocycles. The summed E-state index contributed by atoms with van der Waals surface area (Å²) < 4.78 is 50.4. The van der Waals surface area contributed by atoms with Crippen LogP contribution in [-0.4, -0.2) is 30.7 Å². The zero-order chi connectivity index (χ0) is 18.4. The van der Waals surface area contributed by atoms with Crippen molar-refractivity contribution >= 4 is 11.7 Å². The Labute approximate surface area is 142 Å². The first-order valence-corrected chi connectivity index (χ1v) is 7.47. The molecule has 1 N–H and O–H groups in total. The van der Waals surface area contributed by atoms with E-state index in [4.69, 9.17) is 0 Å². The molecule has 0 aliphatic rings. The molecule has 8 heteroatoms. The molecular weight excluding hydrogens is 338 g/mol. The smallest absolute Gasteiger partial charge is 0.352 e. The lowest BCUT2D eigenvalue weighted by Gasteiger charge is -2.20. The summed E-state index contributed by atoms with van der Waals surface area (Å²) >= 11 is 0. The van der Waals surface area contributed by atoms with Gasteiger partial charge in [-0.15, -0.1) is 0 Å². The zero-order valence-electron chi connectivity index (χ0n) is 13.5. The van der Waals surface area contributed by atoms with E-state index in [1.54, 1.807) is 12.1 Å². The average Bonchev–Trinajstić information content (AvgIpc) is 2.52. The van der Waals surface area contributed by atoms with Crippen molar-refractivity contribution in [3.63, 3.8) is 0 Å². The number of nitrogens with zero attached hydrogens (tertiary/aromatic N) is 2. The van der Waals surface area contributed by atoms with Gasteiger partial charge in [0, 0.05) is 19.8 Å². The van der Waals surface area contributed by atoms with Crippen molar-refractivity contribution in [3.8, 4) is 0 Å². The van der Waals surface area contributed by atoms with Crippen molar-refractivity contribution in [2.24, 2.45) is 0 Å². The summed E-state index contributed by atoms with van der Waals surface area (Å²) in [5, 5.41) is 2.65. The first-order valence-electron chi connectivity index (χ1n) is 7.47. The second kappa shape index (κ2) is 7.96. The highest BCUT2D eigenvalue weighted by Gasteiger charge is 2.29. The van der Waals surface area contributed by atoms with Crippen LogP contribution in [0, 0.1) is 5.82 Å². The van der Waals surface area contributed by atoms with Crippen molar-refractivity contribution in [1.82, 2.24) is 10.3 Å². The zero-order valence-corrected chi connectivity index (χ0v) is 13.5. The third-order valence-electron chi connectivity index (χ3n) is 3.36. The molecule has 0 fully saturated rings. The molecule has 1 aromatic heterocycles. The number of hydrogen-bond donors (Lipinski definition) is 1. The highest BCUT2D eigenvalue weighted by molar-refractivity contribution is 5.78. The highest BCUT2D eigenvalue weighted by Crippen LogP contribution is 2.19. The lowest BCUT2D eigenvalue weighted by Crippen LogP contribution is -2.31. The summed E-state index contributed by atoms with van der Waals surface area (Å²) in [6.45, 7) is -0.973. The molecule has 1 heterocycles. The van der Waals surface area contributed by atoms with Gasteiger partial charge in [-0.25, -0.2) is 9.37 Å². The van der Waals surface area contributed by atoms with Crippen LogP contribution in [0.2, 0.25) is 0 Å². The van der Waals surface area contributed by atoms with Crippen LogP contribution in [0.1, 0.15) is 11.1 Å². The van der Waals surface area contributed by atoms with Gasteiger partial charge in [0.05, 0.1) is 6.42 Å². The summed E-state index contributed by atoms with van der Waals surface area (Å²) in [6.07, 6.45) is -2.93. The minimum absolute atomic E-state index is 0.0175. The Morgan fingerprint density at radius 2 is 1.96 bits per heavy atom. The van der Waals surface area contributed by atoms with E-state index in [9.17, 15) is 22.4 Å². The average molecular weight is 355 g/mol. The predicted octanol–water partition coefficient (Wildman–Crippen LogP) is 3.08. The Balaban J connectivity index is 1.92. The number of halogens is 4. The molecule has 0 atom stereocenters. The lowest BCUT2D eigenvalue weighted by molar-refractivity contribution is -0.121. The molecule has 25 heavy (non-hydrogen) atoms. The number of aromatic nitrogens is 1. The SMILES string of the molecule is CN(CC(F)(F)F)c1cc(CNC(=O)Cc2cccc(F)c2)ccn1. The number of alkyl halides is 3. The van der Waals surface area contributed by atoms with Crippen LogP contribution in [0.25, 0.3) is 0 Å². The Morgan fingerprint density at radius 1 is 1.20 bits per heavy atom. The van der Waals surface area contributed by atoms with Crippen LogP contribution in [0.4, 0.5) is 23.4 Å². The van der Waals surface area contributed by atoms with E-state index in [2.05, 4.69) is 10.3 Å². The first kappa shape index (κ1) is 18.7. The van der Waals surface area contributed by atoms with Gasteiger partial charge in [-0.2, -0.15) is 13.2 Å². The highest BCUT2D eigenvalue weighted by atomic mass is 19.4. The van der Waals surface area contributed by atoms with Gasteiger partial charge < -0.3 is 10.2 Å². The summed E-state index contributed by atoms with van der Waals surface area (Å²) in [5.74, 6) is -0.571. The van der Waals surface area contributed by atoms with Crippen molar-refractivity contribution in [2.45, 2.75) is 19.1 Å². The van der Waals surface area contributed by atoms with E-state index in [-0.39, 0.29) is 24.7 Å². The lowest BCUT2D eigenvalue weighted by atomic mass is 10.1. The molecule has 0 saturated heterocycles. The van der Waals surface area contributed by atoms with Gasteiger partial charge in [0.15, 0.2) is 0 Å². The normalized spacial score (nSPS) is 11.2. The monoisotopic (exact) mass is 355 g/mol. The van der Waals surface area contributed by atoms with E-state index in [1.165, 1.54) is 37.5 Å². The van der Waals surface area contributed by atoms with Crippen molar-refractivity contribution in [2.75, 3.05) is 18.5 Å². The number of pyridine rings is 1. The molecule has 1 aromatic carbocycles. The van der Waals surface area contributed by atoms with Crippen LogP contribution in [-0.2, 0) is 17.8 Å². The van der Waals surface area contributed by atoms with Crippen LogP contribution in [0.5, 0.6) is 0 Å². The van der Waals surface area contributed by atoms with Crippen LogP contribution < -0.4 is 10.2 Å². The summed E-state index contributed by atoms with van der Waals surface area (Å²) in [7, 11) is 1.29. The largest absolute Gasteiger partial charge is 0.405 e. The molecule has 0 saturated carbocycles. The van der Waals surface area contributed by atoms with Crippen molar-refractivity contribution < 1.29 is 22.4 Å². The quantitative estimate of drug-likeness (QED) is 0.810. The van der Waals surface area contributed by atoms with Gasteiger partial charge in [-0.3, -0.25) is 4.79 Å². The van der Waals surface area contributed by atoms with E-state index in [0.29, 0.717) is 11.1 Å². The number of rotatable bonds is 6. The Hall–Kier alpha value is -2.64. The minimum atomic E-state index is -4.33. The maximum Gasteiger partial charge on any atom is 0.405 e. The number of carbonyl (C=O) groups excluding carboxylic acids is 1. The number of nitrogens with one attached hydrogen (secondary N) is 1. The van der Waals surface area contributed by atoms with Gasteiger partial charge in [0.1, 0.15) is 18.2 Å². The molecule has 2 aromatic rings. The molecule has 1 amide bonds. The molecular formula is C17H17F4N3O. The molecule has 2 rings (SSSR count).